The summed E-state index contributed by atoms with van der Waals surface area (Å²) >= 11 is 0. The van der Waals surface area contributed by atoms with Gasteiger partial charge in [0, 0.05) is 0 Å². The molecule has 0 aromatic heterocycles. The van der Waals surface area contributed by atoms with Gasteiger partial charge in [0.15, 0.2) is 0 Å². The van der Waals surface area contributed by atoms with E-state index < -0.39 is 0 Å². The monoisotopic (exact) mass is 190 g/mol. The number of carbonyl (C=O) groups is 1. The molecule has 2 nitrogen and oxygen atoms in total. The van der Waals surface area contributed by atoms with Crippen molar-refractivity contribution in [1.82, 2.24) is 0 Å². The Balaban J connectivity index is 2.36. The van der Waals surface area contributed by atoms with Gasteiger partial charge >= 0.3 is 5.97 Å². The van der Waals surface area contributed by atoms with Crippen molar-refractivity contribution in [3.63, 3.8) is 0 Å². The van der Waals surface area contributed by atoms with Crippen LogP contribution in [0.25, 0.3) is 0 Å². The topological polar surface area (TPSA) is 26.3 Å². The third-order valence-corrected chi connectivity index (χ3v) is 1.76. The van der Waals surface area contributed by atoms with Crippen molar-refractivity contribution in [1.29, 1.82) is 0 Å². The number of carbonyl (C=O) groups excluding carboxylic acids is 1. The quantitative estimate of drug-likeness (QED) is 0.414. The molecule has 0 unspecified atom stereocenters. The second-order valence-corrected chi connectivity index (χ2v) is 2.86. The van der Waals surface area contributed by atoms with Crippen LogP contribution in [0.1, 0.15) is 23.7 Å². The highest BCUT2D eigenvalue weighted by atomic mass is 16.5. The summed E-state index contributed by atoms with van der Waals surface area (Å²) < 4.78 is 5.04. The molecule has 1 rings (SSSR count). The summed E-state index contributed by atoms with van der Waals surface area (Å²) in [7, 11) is 0. The first-order valence-corrected chi connectivity index (χ1v) is 4.68. The molecule has 0 radical (unpaired) electrons. The number of allylic oxidation sites excluding steroid dienone is 1. The van der Waals surface area contributed by atoms with E-state index in [-0.39, 0.29) is 5.97 Å². The molecule has 0 heterocycles. The molecular weight excluding hydrogens is 176 g/mol. The average molecular weight is 190 g/mol. The van der Waals surface area contributed by atoms with E-state index in [1.54, 1.807) is 12.1 Å². The van der Waals surface area contributed by atoms with Gasteiger partial charge in [-0.3, -0.25) is 0 Å². The normalized spacial score (nSPS) is 10.4. The van der Waals surface area contributed by atoms with E-state index in [9.17, 15) is 4.79 Å². The Morgan fingerprint density at radius 2 is 2.07 bits per heavy atom. The number of ether oxygens (including phenoxy) is 1. The van der Waals surface area contributed by atoms with Crippen LogP contribution < -0.4 is 0 Å². The fourth-order valence-electron chi connectivity index (χ4n) is 1.04. The van der Waals surface area contributed by atoms with E-state index in [1.807, 2.05) is 37.3 Å². The van der Waals surface area contributed by atoms with Crippen LogP contribution in [-0.4, -0.2) is 12.6 Å². The van der Waals surface area contributed by atoms with Gasteiger partial charge in [0.1, 0.15) is 0 Å². The zero-order chi connectivity index (χ0) is 10.2. The second-order valence-electron chi connectivity index (χ2n) is 2.86. The standard InChI is InChI=1S/C12H14O2/c1-2-3-7-10-14-12(13)11-8-5-4-6-9-11/h2-6,8-9H,7,10H2,1H3/b3-2+. The third kappa shape index (κ3) is 3.44. The molecule has 0 N–H and O–H groups in total. The Morgan fingerprint density at radius 3 is 2.71 bits per heavy atom. The molecule has 14 heavy (non-hydrogen) atoms. The fourth-order valence-corrected chi connectivity index (χ4v) is 1.04. The first-order chi connectivity index (χ1) is 6.84. The number of hydrogen-bond donors (Lipinski definition) is 0. The van der Waals surface area contributed by atoms with Gasteiger partial charge in [-0.2, -0.15) is 0 Å². The minimum atomic E-state index is -0.255. The molecule has 0 aliphatic carbocycles. The van der Waals surface area contributed by atoms with Gasteiger partial charge in [0.05, 0.1) is 12.2 Å². The zero-order valence-corrected chi connectivity index (χ0v) is 8.27. The van der Waals surface area contributed by atoms with Crippen LogP contribution >= 0.6 is 0 Å². The predicted octanol–water partition coefficient (Wildman–Crippen LogP) is 2.81. The van der Waals surface area contributed by atoms with Gasteiger partial charge in [-0.15, -0.1) is 0 Å². The molecule has 2 heteroatoms. The minimum Gasteiger partial charge on any atom is -0.462 e. The molecule has 0 amide bonds. The number of rotatable bonds is 4. The predicted molar refractivity (Wildman–Crippen MR) is 56.2 cm³/mol. The Bertz CT molecular complexity index is 301. The second kappa shape index (κ2) is 5.97. The van der Waals surface area contributed by atoms with Crippen molar-refractivity contribution in [2.75, 3.05) is 6.61 Å². The van der Waals surface area contributed by atoms with Gasteiger partial charge < -0.3 is 4.74 Å². The lowest BCUT2D eigenvalue weighted by Gasteiger charge is -2.01. The largest absolute Gasteiger partial charge is 0.462 e. The molecule has 0 saturated carbocycles. The maximum Gasteiger partial charge on any atom is 0.338 e. The summed E-state index contributed by atoms with van der Waals surface area (Å²) in [4.78, 5) is 11.4. The van der Waals surface area contributed by atoms with Gasteiger partial charge in [-0.25, -0.2) is 4.79 Å². The summed E-state index contributed by atoms with van der Waals surface area (Å²) in [5.74, 6) is -0.255. The molecule has 0 atom stereocenters. The van der Waals surface area contributed by atoms with Crippen LogP contribution in [0.15, 0.2) is 42.5 Å². The smallest absolute Gasteiger partial charge is 0.338 e. The number of benzene rings is 1. The van der Waals surface area contributed by atoms with Crippen LogP contribution in [0.3, 0.4) is 0 Å². The van der Waals surface area contributed by atoms with Crippen LogP contribution in [0.2, 0.25) is 0 Å². The Morgan fingerprint density at radius 1 is 1.36 bits per heavy atom. The summed E-state index contributed by atoms with van der Waals surface area (Å²) in [6.07, 6.45) is 4.68. The van der Waals surface area contributed by atoms with E-state index in [4.69, 9.17) is 4.74 Å². The van der Waals surface area contributed by atoms with E-state index in [0.29, 0.717) is 12.2 Å². The van der Waals surface area contributed by atoms with Crippen molar-refractivity contribution in [3.8, 4) is 0 Å². The van der Waals surface area contributed by atoms with E-state index in [1.165, 1.54) is 0 Å². The van der Waals surface area contributed by atoms with Crippen LogP contribution in [0.4, 0.5) is 0 Å². The molecule has 1 aromatic rings. The molecule has 0 aliphatic rings. The first kappa shape index (κ1) is 10.5. The van der Waals surface area contributed by atoms with E-state index in [2.05, 4.69) is 0 Å². The van der Waals surface area contributed by atoms with Crippen LogP contribution in [-0.2, 0) is 4.74 Å². The van der Waals surface area contributed by atoms with Crippen LogP contribution in [0, 0.1) is 0 Å². The summed E-state index contributed by atoms with van der Waals surface area (Å²) in [5.41, 5.74) is 0.605. The molecule has 0 spiro atoms. The molecule has 1 aromatic carbocycles. The Labute approximate surface area is 84.2 Å². The maximum atomic E-state index is 11.4. The van der Waals surface area contributed by atoms with E-state index in [0.717, 1.165) is 6.42 Å². The lowest BCUT2D eigenvalue weighted by atomic mass is 10.2. The van der Waals surface area contributed by atoms with Gasteiger partial charge in [0.2, 0.25) is 0 Å². The molecule has 0 aliphatic heterocycles. The van der Waals surface area contributed by atoms with Crippen molar-refractivity contribution < 1.29 is 9.53 Å². The number of esters is 1. The Hall–Kier alpha value is -1.57. The lowest BCUT2D eigenvalue weighted by molar-refractivity contribution is 0.0511. The SMILES string of the molecule is C/C=C/CCOC(=O)c1ccccc1. The minimum absolute atomic E-state index is 0.255. The molecule has 74 valence electrons. The summed E-state index contributed by atoms with van der Waals surface area (Å²) in [6, 6.07) is 9.01. The van der Waals surface area contributed by atoms with Crippen LogP contribution in [0.5, 0.6) is 0 Å². The highest BCUT2D eigenvalue weighted by Gasteiger charge is 2.03. The van der Waals surface area contributed by atoms with Crippen molar-refractivity contribution in [3.05, 3.63) is 48.0 Å². The summed E-state index contributed by atoms with van der Waals surface area (Å²) in [6.45, 7) is 2.39. The lowest BCUT2D eigenvalue weighted by Crippen LogP contribution is -2.05. The molecule has 0 bridgehead atoms. The molecule has 0 fully saturated rings. The maximum absolute atomic E-state index is 11.4. The number of hydrogen-bond acceptors (Lipinski definition) is 2. The van der Waals surface area contributed by atoms with Crippen molar-refractivity contribution >= 4 is 5.97 Å². The highest BCUT2D eigenvalue weighted by molar-refractivity contribution is 5.89. The first-order valence-electron chi connectivity index (χ1n) is 4.68. The fraction of sp³-hybridized carbons (Fsp3) is 0.250. The Kier molecular flexibility index (Phi) is 4.48. The highest BCUT2D eigenvalue weighted by Crippen LogP contribution is 2.01. The molecular formula is C12H14O2. The molecule has 0 saturated heterocycles. The average Bonchev–Trinajstić information content (AvgIpc) is 2.25. The zero-order valence-electron chi connectivity index (χ0n) is 8.27. The van der Waals surface area contributed by atoms with Gasteiger partial charge in [0.25, 0.3) is 0 Å². The summed E-state index contributed by atoms with van der Waals surface area (Å²) in [5, 5.41) is 0. The van der Waals surface area contributed by atoms with E-state index >= 15 is 0 Å². The van der Waals surface area contributed by atoms with Crippen molar-refractivity contribution in [2.24, 2.45) is 0 Å². The van der Waals surface area contributed by atoms with Crippen molar-refractivity contribution in [2.45, 2.75) is 13.3 Å². The third-order valence-electron chi connectivity index (χ3n) is 1.76. The van der Waals surface area contributed by atoms with Gasteiger partial charge in [-0.1, -0.05) is 30.4 Å². The van der Waals surface area contributed by atoms with Gasteiger partial charge in [-0.05, 0) is 25.5 Å².